The number of anilines is 1. The van der Waals surface area contributed by atoms with Crippen molar-refractivity contribution in [2.24, 2.45) is 5.92 Å². The summed E-state index contributed by atoms with van der Waals surface area (Å²) in [5.41, 5.74) is 0. The Hall–Kier alpha value is -1.32. The van der Waals surface area contributed by atoms with E-state index >= 15 is 0 Å². The van der Waals surface area contributed by atoms with Crippen molar-refractivity contribution in [1.82, 2.24) is 9.97 Å². The van der Waals surface area contributed by atoms with E-state index in [0.717, 1.165) is 5.82 Å². The van der Waals surface area contributed by atoms with Crippen LogP contribution in [0.3, 0.4) is 0 Å². The Bertz CT molecular complexity index is 373. The quantitative estimate of drug-likeness (QED) is 0.824. The Labute approximate surface area is 116 Å². The average Bonchev–Trinajstić information content (AvgIpc) is 2.65. The van der Waals surface area contributed by atoms with Gasteiger partial charge in [-0.15, -0.1) is 0 Å². The van der Waals surface area contributed by atoms with Gasteiger partial charge in [-0.05, 0) is 18.8 Å². The number of nitrogens with zero attached hydrogens (tertiary/aromatic N) is 2. The minimum Gasteiger partial charge on any atom is -0.477 e. The highest BCUT2D eigenvalue weighted by Crippen LogP contribution is 2.21. The molecule has 0 unspecified atom stereocenters. The van der Waals surface area contributed by atoms with E-state index in [4.69, 9.17) is 4.74 Å². The fraction of sp³-hybridized carbons (Fsp3) is 0.733. The van der Waals surface area contributed by atoms with Crippen molar-refractivity contribution in [2.75, 3.05) is 11.9 Å². The van der Waals surface area contributed by atoms with Crippen LogP contribution in [-0.2, 0) is 0 Å². The third-order valence-electron chi connectivity index (χ3n) is 3.41. The van der Waals surface area contributed by atoms with Gasteiger partial charge < -0.3 is 10.1 Å². The molecule has 1 N–H and O–H groups in total. The minimum absolute atomic E-state index is 0.508. The van der Waals surface area contributed by atoms with Crippen molar-refractivity contribution in [1.29, 1.82) is 0 Å². The lowest BCUT2D eigenvalue weighted by molar-refractivity contribution is 0.261. The molecule has 1 heterocycles. The second-order valence-corrected chi connectivity index (χ2v) is 5.78. The predicted molar refractivity (Wildman–Crippen MR) is 77.5 cm³/mol. The van der Waals surface area contributed by atoms with Gasteiger partial charge in [0.25, 0.3) is 0 Å². The molecule has 1 fully saturated rings. The number of hydrogen-bond donors (Lipinski definition) is 1. The van der Waals surface area contributed by atoms with Crippen LogP contribution in [-0.4, -0.2) is 22.6 Å². The number of rotatable bonds is 5. The maximum Gasteiger partial charge on any atom is 0.218 e. The van der Waals surface area contributed by atoms with Crippen LogP contribution >= 0.6 is 0 Å². The molecular weight excluding hydrogens is 238 g/mol. The van der Waals surface area contributed by atoms with Crippen molar-refractivity contribution in [3.63, 3.8) is 0 Å². The summed E-state index contributed by atoms with van der Waals surface area (Å²) in [4.78, 5) is 8.44. The standard InChI is InChI=1S/C15H25N3O/c1-12(2)10-19-15-9-14(16-11-17-15)18-13-7-5-3-4-6-8-13/h9,11-13H,3-8,10H2,1-2H3,(H,16,17,18). The Morgan fingerprint density at radius 2 is 1.95 bits per heavy atom. The van der Waals surface area contributed by atoms with Crippen molar-refractivity contribution >= 4 is 5.82 Å². The summed E-state index contributed by atoms with van der Waals surface area (Å²) in [6, 6.07) is 2.46. The topological polar surface area (TPSA) is 47.0 Å². The summed E-state index contributed by atoms with van der Waals surface area (Å²) in [7, 11) is 0. The Morgan fingerprint density at radius 1 is 1.21 bits per heavy atom. The molecule has 1 aliphatic rings. The molecule has 1 aliphatic carbocycles. The zero-order valence-corrected chi connectivity index (χ0v) is 12.1. The van der Waals surface area contributed by atoms with Gasteiger partial charge in [0.2, 0.25) is 5.88 Å². The number of nitrogens with one attached hydrogen (secondary N) is 1. The monoisotopic (exact) mass is 263 g/mol. The summed E-state index contributed by atoms with van der Waals surface area (Å²) in [5, 5.41) is 3.52. The lowest BCUT2D eigenvalue weighted by Gasteiger charge is -2.17. The molecule has 0 aromatic carbocycles. The summed E-state index contributed by atoms with van der Waals surface area (Å²) in [5.74, 6) is 2.06. The maximum absolute atomic E-state index is 5.63. The fourth-order valence-electron chi connectivity index (χ4n) is 2.38. The van der Waals surface area contributed by atoms with Gasteiger partial charge >= 0.3 is 0 Å². The van der Waals surface area contributed by atoms with E-state index in [1.807, 2.05) is 6.07 Å². The van der Waals surface area contributed by atoms with E-state index in [9.17, 15) is 0 Å². The van der Waals surface area contributed by atoms with E-state index < -0.39 is 0 Å². The van der Waals surface area contributed by atoms with Crippen molar-refractivity contribution in [2.45, 2.75) is 58.4 Å². The number of ether oxygens (including phenoxy) is 1. The van der Waals surface area contributed by atoms with Gasteiger partial charge in [0.1, 0.15) is 12.1 Å². The summed E-state index contributed by atoms with van der Waals surface area (Å²) in [6.07, 6.45) is 9.43. The van der Waals surface area contributed by atoms with Crippen molar-refractivity contribution in [3.05, 3.63) is 12.4 Å². The Kier molecular flexibility index (Phi) is 5.43. The smallest absolute Gasteiger partial charge is 0.218 e. The lowest BCUT2D eigenvalue weighted by Crippen LogP contribution is -2.19. The van der Waals surface area contributed by atoms with Gasteiger partial charge in [-0.25, -0.2) is 9.97 Å². The van der Waals surface area contributed by atoms with E-state index in [0.29, 0.717) is 24.4 Å². The second kappa shape index (κ2) is 7.31. The largest absolute Gasteiger partial charge is 0.477 e. The van der Waals surface area contributed by atoms with E-state index in [1.54, 1.807) is 6.33 Å². The molecule has 0 saturated heterocycles. The van der Waals surface area contributed by atoms with Crippen LogP contribution in [0.5, 0.6) is 5.88 Å². The molecular formula is C15H25N3O. The first-order valence-corrected chi connectivity index (χ1v) is 7.45. The van der Waals surface area contributed by atoms with Crippen LogP contribution in [0.2, 0.25) is 0 Å². The zero-order valence-electron chi connectivity index (χ0n) is 12.1. The molecule has 0 radical (unpaired) electrons. The molecule has 0 bridgehead atoms. The van der Waals surface area contributed by atoms with Gasteiger partial charge in [0.15, 0.2) is 0 Å². The highest BCUT2D eigenvalue weighted by molar-refractivity contribution is 5.38. The predicted octanol–water partition coefficient (Wildman–Crippen LogP) is 3.65. The molecule has 1 aromatic heterocycles. The minimum atomic E-state index is 0.508. The molecule has 0 atom stereocenters. The van der Waals surface area contributed by atoms with Crippen LogP contribution in [0.25, 0.3) is 0 Å². The van der Waals surface area contributed by atoms with Crippen LogP contribution in [0.1, 0.15) is 52.4 Å². The third-order valence-corrected chi connectivity index (χ3v) is 3.41. The van der Waals surface area contributed by atoms with Crippen molar-refractivity contribution < 1.29 is 4.74 Å². The molecule has 1 aromatic rings. The SMILES string of the molecule is CC(C)COc1cc(NC2CCCCCC2)ncn1. The highest BCUT2D eigenvalue weighted by Gasteiger charge is 2.12. The Morgan fingerprint density at radius 3 is 2.63 bits per heavy atom. The van der Waals surface area contributed by atoms with Crippen LogP contribution in [0.4, 0.5) is 5.82 Å². The first-order chi connectivity index (χ1) is 9.24. The lowest BCUT2D eigenvalue weighted by atomic mass is 10.1. The fourth-order valence-corrected chi connectivity index (χ4v) is 2.38. The summed E-state index contributed by atoms with van der Waals surface area (Å²) in [6.45, 7) is 4.96. The van der Waals surface area contributed by atoms with Crippen LogP contribution < -0.4 is 10.1 Å². The van der Waals surface area contributed by atoms with Crippen LogP contribution in [0.15, 0.2) is 12.4 Å². The number of aromatic nitrogens is 2. The zero-order chi connectivity index (χ0) is 13.5. The molecule has 4 nitrogen and oxygen atoms in total. The van der Waals surface area contributed by atoms with E-state index in [-0.39, 0.29) is 0 Å². The normalized spacial score (nSPS) is 17.2. The van der Waals surface area contributed by atoms with Gasteiger partial charge in [0, 0.05) is 12.1 Å². The molecule has 4 heteroatoms. The van der Waals surface area contributed by atoms with Gasteiger partial charge in [0.05, 0.1) is 6.61 Å². The van der Waals surface area contributed by atoms with E-state index in [2.05, 4.69) is 29.1 Å². The van der Waals surface area contributed by atoms with Gasteiger partial charge in [-0.3, -0.25) is 0 Å². The van der Waals surface area contributed by atoms with Crippen LogP contribution in [0, 0.1) is 5.92 Å². The number of hydrogen-bond acceptors (Lipinski definition) is 4. The third kappa shape index (κ3) is 5.05. The Balaban J connectivity index is 1.90. The summed E-state index contributed by atoms with van der Waals surface area (Å²) >= 11 is 0. The molecule has 0 aliphatic heterocycles. The molecule has 0 amide bonds. The first-order valence-electron chi connectivity index (χ1n) is 7.45. The second-order valence-electron chi connectivity index (χ2n) is 5.78. The molecule has 106 valence electrons. The van der Waals surface area contributed by atoms with Gasteiger partial charge in [-0.1, -0.05) is 39.5 Å². The highest BCUT2D eigenvalue weighted by atomic mass is 16.5. The summed E-state index contributed by atoms with van der Waals surface area (Å²) < 4.78 is 5.63. The average molecular weight is 263 g/mol. The first kappa shape index (κ1) is 14.1. The molecule has 1 saturated carbocycles. The molecule has 0 spiro atoms. The van der Waals surface area contributed by atoms with Gasteiger partial charge in [-0.2, -0.15) is 0 Å². The van der Waals surface area contributed by atoms with E-state index in [1.165, 1.54) is 38.5 Å². The van der Waals surface area contributed by atoms with Crippen molar-refractivity contribution in [3.8, 4) is 5.88 Å². The molecule has 19 heavy (non-hydrogen) atoms. The maximum atomic E-state index is 5.63. The molecule has 2 rings (SSSR count).